The summed E-state index contributed by atoms with van der Waals surface area (Å²) in [5.41, 5.74) is 2.48. The molecule has 30 heavy (non-hydrogen) atoms. The zero-order chi connectivity index (χ0) is 21.6. The van der Waals surface area contributed by atoms with E-state index in [-0.39, 0.29) is 11.7 Å². The molecule has 2 aromatic rings. The normalized spacial score (nSPS) is 14.2. The summed E-state index contributed by atoms with van der Waals surface area (Å²) in [6.07, 6.45) is 4.70. The van der Waals surface area contributed by atoms with Gasteiger partial charge < -0.3 is 10.2 Å². The molecule has 3 rings (SSSR count). The average molecular weight is 430 g/mol. The molecule has 0 saturated carbocycles. The number of likely N-dealkylation sites (tertiary alicyclic amines) is 1. The maximum atomic E-state index is 12.5. The summed E-state index contributed by atoms with van der Waals surface area (Å²) in [4.78, 5) is 26.7. The van der Waals surface area contributed by atoms with E-state index in [0.717, 1.165) is 37.9 Å². The average Bonchev–Trinajstić information content (AvgIpc) is 2.73. The first-order valence-corrected chi connectivity index (χ1v) is 12.0. The highest BCUT2D eigenvalue weighted by atomic mass is 32.2. The number of Topliss-reactive ketones (excluding diaryl/α,β-unsaturated/α-hetero) is 1. The Bertz CT molecular complexity index is 980. The first-order valence-electron chi connectivity index (χ1n) is 10.1. The van der Waals surface area contributed by atoms with Gasteiger partial charge in [-0.2, -0.15) is 0 Å². The molecule has 1 amide bonds. The van der Waals surface area contributed by atoms with Gasteiger partial charge in [-0.3, -0.25) is 14.3 Å². The minimum atomic E-state index is -3.34. The number of piperidine rings is 1. The van der Waals surface area contributed by atoms with E-state index in [0.29, 0.717) is 29.8 Å². The van der Waals surface area contributed by atoms with Crippen molar-refractivity contribution in [2.24, 2.45) is 0 Å². The maximum absolute atomic E-state index is 12.5. The number of carbonyl (C=O) groups is 2. The number of amides is 1. The van der Waals surface area contributed by atoms with E-state index in [2.05, 4.69) is 10.0 Å². The van der Waals surface area contributed by atoms with E-state index < -0.39 is 10.0 Å². The van der Waals surface area contributed by atoms with Crippen molar-refractivity contribution in [2.75, 3.05) is 35.9 Å². The molecule has 2 aromatic carbocycles. The number of carbonyl (C=O) groups excluding carboxylic acids is 2. The van der Waals surface area contributed by atoms with Crippen molar-refractivity contribution in [3.63, 3.8) is 0 Å². The van der Waals surface area contributed by atoms with Gasteiger partial charge in [0.1, 0.15) is 0 Å². The zero-order valence-corrected chi connectivity index (χ0v) is 17.9. The highest BCUT2D eigenvalue weighted by Crippen LogP contribution is 2.16. The van der Waals surface area contributed by atoms with Crippen LogP contribution in [0.1, 0.15) is 46.4 Å². The van der Waals surface area contributed by atoms with Crippen LogP contribution in [0.4, 0.5) is 11.4 Å². The van der Waals surface area contributed by atoms with Crippen LogP contribution in [-0.4, -0.2) is 50.9 Å². The molecular formula is C22H27N3O4S. The standard InChI is InChI=1S/C22H27N3O4S/c1-30(28,29)24-20-11-5-17(6-12-20)21(26)13-14-23-19-9-7-18(8-10-19)22(27)25-15-3-2-4-16-25/h5-12,23-24H,2-4,13-16H2,1H3. The number of anilines is 2. The predicted molar refractivity (Wildman–Crippen MR) is 119 cm³/mol. The Morgan fingerprint density at radius 3 is 2.03 bits per heavy atom. The fourth-order valence-electron chi connectivity index (χ4n) is 3.41. The number of hydrogen-bond acceptors (Lipinski definition) is 5. The molecule has 0 aromatic heterocycles. The van der Waals surface area contributed by atoms with Crippen molar-refractivity contribution in [2.45, 2.75) is 25.7 Å². The molecular weight excluding hydrogens is 402 g/mol. The Hall–Kier alpha value is -2.87. The molecule has 0 spiro atoms. The third-order valence-corrected chi connectivity index (χ3v) is 5.57. The van der Waals surface area contributed by atoms with E-state index in [1.54, 1.807) is 24.3 Å². The summed E-state index contributed by atoms with van der Waals surface area (Å²) < 4.78 is 24.8. The number of nitrogens with zero attached hydrogens (tertiary/aromatic N) is 1. The lowest BCUT2D eigenvalue weighted by molar-refractivity contribution is 0.0724. The van der Waals surface area contributed by atoms with Gasteiger partial charge in [-0.05, 0) is 67.8 Å². The molecule has 2 N–H and O–H groups in total. The molecule has 1 heterocycles. The van der Waals surface area contributed by atoms with Gasteiger partial charge >= 0.3 is 0 Å². The van der Waals surface area contributed by atoms with Crippen LogP contribution in [0.25, 0.3) is 0 Å². The summed E-state index contributed by atoms with van der Waals surface area (Å²) in [5.74, 6) is 0.0375. The summed E-state index contributed by atoms with van der Waals surface area (Å²) in [6, 6.07) is 13.7. The highest BCUT2D eigenvalue weighted by Gasteiger charge is 2.17. The molecule has 8 heteroatoms. The third kappa shape index (κ3) is 6.32. The number of rotatable bonds is 8. The van der Waals surface area contributed by atoms with Crippen LogP contribution in [0, 0.1) is 0 Å². The molecule has 0 radical (unpaired) electrons. The smallest absolute Gasteiger partial charge is 0.253 e. The van der Waals surface area contributed by atoms with Crippen LogP contribution in [0.2, 0.25) is 0 Å². The van der Waals surface area contributed by atoms with Gasteiger partial charge in [-0.25, -0.2) is 8.42 Å². The van der Waals surface area contributed by atoms with Crippen molar-refractivity contribution in [3.05, 3.63) is 59.7 Å². The second-order valence-electron chi connectivity index (χ2n) is 7.48. The molecule has 1 aliphatic heterocycles. The SMILES string of the molecule is CS(=O)(=O)Nc1ccc(C(=O)CCNc2ccc(C(=O)N3CCCCC3)cc2)cc1. The second kappa shape index (κ2) is 9.75. The van der Waals surface area contributed by atoms with Gasteiger partial charge in [0.2, 0.25) is 10.0 Å². The quantitative estimate of drug-likeness (QED) is 0.628. The van der Waals surface area contributed by atoms with Crippen molar-refractivity contribution in [3.8, 4) is 0 Å². The fraction of sp³-hybridized carbons (Fsp3) is 0.364. The van der Waals surface area contributed by atoms with Gasteiger partial charge in [-0.15, -0.1) is 0 Å². The lowest BCUT2D eigenvalue weighted by atomic mass is 10.1. The summed E-state index contributed by atoms with van der Waals surface area (Å²) in [7, 11) is -3.34. The molecule has 0 bridgehead atoms. The molecule has 1 aliphatic rings. The van der Waals surface area contributed by atoms with Crippen LogP contribution in [-0.2, 0) is 10.0 Å². The third-order valence-electron chi connectivity index (χ3n) is 4.97. The van der Waals surface area contributed by atoms with Gasteiger partial charge in [0.15, 0.2) is 5.78 Å². The fourth-order valence-corrected chi connectivity index (χ4v) is 3.98. The number of nitrogens with one attached hydrogen (secondary N) is 2. The van der Waals surface area contributed by atoms with Gasteiger partial charge in [-0.1, -0.05) is 0 Å². The van der Waals surface area contributed by atoms with Crippen LogP contribution in [0.15, 0.2) is 48.5 Å². The minimum absolute atomic E-state index is 0.0368. The van der Waals surface area contributed by atoms with Crippen LogP contribution in [0.5, 0.6) is 0 Å². The first-order chi connectivity index (χ1) is 14.3. The van der Waals surface area contributed by atoms with Crippen LogP contribution < -0.4 is 10.0 Å². The van der Waals surface area contributed by atoms with Gasteiger partial charge in [0.25, 0.3) is 5.91 Å². The van der Waals surface area contributed by atoms with E-state index in [1.807, 2.05) is 29.2 Å². The number of sulfonamides is 1. The summed E-state index contributed by atoms with van der Waals surface area (Å²) >= 11 is 0. The second-order valence-corrected chi connectivity index (χ2v) is 9.23. The molecule has 7 nitrogen and oxygen atoms in total. The topological polar surface area (TPSA) is 95.6 Å². The molecule has 160 valence electrons. The number of ketones is 1. The largest absolute Gasteiger partial charge is 0.385 e. The molecule has 0 atom stereocenters. The van der Waals surface area contributed by atoms with Crippen LogP contribution >= 0.6 is 0 Å². The Balaban J connectivity index is 1.47. The summed E-state index contributed by atoms with van der Waals surface area (Å²) in [6.45, 7) is 2.11. The number of hydrogen-bond donors (Lipinski definition) is 2. The minimum Gasteiger partial charge on any atom is -0.385 e. The van der Waals surface area contributed by atoms with E-state index >= 15 is 0 Å². The first kappa shape index (κ1) is 21.8. The number of benzene rings is 2. The monoisotopic (exact) mass is 429 g/mol. The Morgan fingerprint density at radius 1 is 0.867 bits per heavy atom. The summed E-state index contributed by atoms with van der Waals surface area (Å²) in [5, 5.41) is 3.20. The lowest BCUT2D eigenvalue weighted by Gasteiger charge is -2.26. The van der Waals surface area contributed by atoms with Crippen LogP contribution in [0.3, 0.4) is 0 Å². The van der Waals surface area contributed by atoms with Crippen molar-refractivity contribution >= 4 is 33.1 Å². The van der Waals surface area contributed by atoms with Gasteiger partial charge in [0, 0.05) is 48.6 Å². The highest BCUT2D eigenvalue weighted by molar-refractivity contribution is 7.92. The lowest BCUT2D eigenvalue weighted by Crippen LogP contribution is -2.35. The van der Waals surface area contributed by atoms with E-state index in [9.17, 15) is 18.0 Å². The van der Waals surface area contributed by atoms with E-state index in [1.165, 1.54) is 6.42 Å². The van der Waals surface area contributed by atoms with Crippen molar-refractivity contribution in [1.29, 1.82) is 0 Å². The predicted octanol–water partition coefficient (Wildman–Crippen LogP) is 3.37. The van der Waals surface area contributed by atoms with Crippen molar-refractivity contribution < 1.29 is 18.0 Å². The van der Waals surface area contributed by atoms with Crippen molar-refractivity contribution in [1.82, 2.24) is 4.90 Å². The Labute approximate surface area is 177 Å². The molecule has 0 unspecified atom stereocenters. The Morgan fingerprint density at radius 2 is 1.43 bits per heavy atom. The maximum Gasteiger partial charge on any atom is 0.253 e. The molecule has 1 saturated heterocycles. The van der Waals surface area contributed by atoms with Gasteiger partial charge in [0.05, 0.1) is 6.26 Å². The Kier molecular flexibility index (Phi) is 7.10. The van der Waals surface area contributed by atoms with E-state index in [4.69, 9.17) is 0 Å². The zero-order valence-electron chi connectivity index (χ0n) is 17.1. The molecule has 0 aliphatic carbocycles. The molecule has 1 fully saturated rings.